The molecule has 0 bridgehead atoms. The minimum absolute atomic E-state index is 0.288. The normalized spacial score (nSPS) is 18.1. The molecule has 1 fully saturated rings. The van der Waals surface area contributed by atoms with Gasteiger partial charge in [0.15, 0.2) is 0 Å². The fourth-order valence-corrected chi connectivity index (χ4v) is 3.23. The van der Waals surface area contributed by atoms with Crippen molar-refractivity contribution in [2.45, 2.75) is 0 Å². The molecule has 1 aromatic rings. The molecule has 88 valence electrons. The molecule has 4 nitrogen and oxygen atoms in total. The molecular formula is C10H7NO3S3. The highest BCUT2D eigenvalue weighted by atomic mass is 32.2. The van der Waals surface area contributed by atoms with Crippen LogP contribution in [0.1, 0.15) is 4.88 Å². The van der Waals surface area contributed by atoms with Gasteiger partial charge < -0.3 is 5.11 Å². The molecule has 0 saturated carbocycles. The Balaban J connectivity index is 2.21. The summed E-state index contributed by atoms with van der Waals surface area (Å²) in [7, 11) is 0. The quantitative estimate of drug-likeness (QED) is 0.683. The number of carbonyl (C=O) groups excluding carboxylic acids is 1. The minimum Gasteiger partial charge on any atom is -0.480 e. The van der Waals surface area contributed by atoms with Crippen molar-refractivity contribution in [3.05, 3.63) is 27.3 Å². The highest BCUT2D eigenvalue weighted by molar-refractivity contribution is 8.19. The lowest BCUT2D eigenvalue weighted by Crippen LogP contribution is -2.32. The number of carboxylic acids is 1. The lowest BCUT2D eigenvalue weighted by molar-refractivity contribution is -0.136. The molecule has 0 atom stereocenters. The Morgan fingerprint density at radius 1 is 1.59 bits per heavy atom. The van der Waals surface area contributed by atoms with Crippen molar-refractivity contribution in [1.82, 2.24) is 4.90 Å². The summed E-state index contributed by atoms with van der Waals surface area (Å²) in [5.74, 6) is -1.07. The molecule has 17 heavy (non-hydrogen) atoms. The lowest BCUT2D eigenvalue weighted by Gasteiger charge is -2.10. The monoisotopic (exact) mass is 285 g/mol. The van der Waals surface area contributed by atoms with Gasteiger partial charge in [0.2, 0.25) is 0 Å². The number of thiocarbonyl (C=S) groups is 1. The number of thiophene rings is 1. The number of hydrogen-bond donors (Lipinski definition) is 1. The zero-order valence-corrected chi connectivity index (χ0v) is 10.9. The molecule has 0 radical (unpaired) electrons. The first-order valence-corrected chi connectivity index (χ1v) is 6.69. The van der Waals surface area contributed by atoms with Gasteiger partial charge in [-0.15, -0.1) is 11.3 Å². The number of nitrogens with zero attached hydrogens (tertiary/aromatic N) is 1. The van der Waals surface area contributed by atoms with Crippen LogP contribution < -0.4 is 0 Å². The van der Waals surface area contributed by atoms with E-state index < -0.39 is 5.97 Å². The van der Waals surface area contributed by atoms with Crippen molar-refractivity contribution in [2.24, 2.45) is 0 Å². The minimum atomic E-state index is -1.07. The summed E-state index contributed by atoms with van der Waals surface area (Å²) in [4.78, 5) is 25.2. The van der Waals surface area contributed by atoms with Gasteiger partial charge in [0.1, 0.15) is 11.5 Å². The highest BCUT2D eigenvalue weighted by Gasteiger charge is 2.32. The molecule has 2 heterocycles. The zero-order valence-electron chi connectivity index (χ0n) is 8.45. The van der Waals surface area contributed by atoms with Crippen LogP contribution in [0.5, 0.6) is 0 Å². The Hall–Kier alpha value is -1.18. The Bertz CT molecular complexity index is 507. The number of carbonyl (C=O) groups is 2. The van der Waals surface area contributed by atoms with Gasteiger partial charge in [-0.3, -0.25) is 14.5 Å². The van der Waals surface area contributed by atoms with Crippen LogP contribution in [0.15, 0.2) is 22.4 Å². The molecular weight excluding hydrogens is 278 g/mol. The molecule has 0 aliphatic carbocycles. The summed E-state index contributed by atoms with van der Waals surface area (Å²) in [6.07, 6.45) is 1.80. The number of amides is 1. The van der Waals surface area contributed by atoms with E-state index >= 15 is 0 Å². The third kappa shape index (κ3) is 2.74. The lowest BCUT2D eigenvalue weighted by atomic mass is 10.4. The Morgan fingerprint density at radius 2 is 2.35 bits per heavy atom. The second kappa shape index (κ2) is 4.99. The predicted octanol–water partition coefficient (Wildman–Crippen LogP) is 2.67. The third-order valence-electron chi connectivity index (χ3n) is 1.98. The number of carboxylic acid groups (broad SMARTS) is 1. The molecule has 1 saturated heterocycles. The standard InChI is InChI=1S/C10H7NO3S3/c12-8(13)5-11-9(15)7(17-10(11)14)4-6-2-1-3-16-6/h1-4H,5H2,(H,12,13). The van der Waals surface area contributed by atoms with Crippen LogP contribution in [-0.4, -0.2) is 32.7 Å². The Labute approximate surface area is 111 Å². The van der Waals surface area contributed by atoms with Crippen LogP contribution in [-0.2, 0) is 4.79 Å². The number of thioether (sulfide) groups is 1. The van der Waals surface area contributed by atoms with Crippen molar-refractivity contribution in [3.8, 4) is 0 Å². The van der Waals surface area contributed by atoms with Gasteiger partial charge in [-0.05, 0) is 29.3 Å². The van der Waals surface area contributed by atoms with Crippen LogP contribution in [0.3, 0.4) is 0 Å². The maximum Gasteiger partial charge on any atom is 0.323 e. The first kappa shape index (κ1) is 12.3. The summed E-state index contributed by atoms with van der Waals surface area (Å²) in [5.41, 5.74) is 0. The van der Waals surface area contributed by atoms with E-state index in [0.717, 1.165) is 21.5 Å². The first-order valence-electron chi connectivity index (χ1n) is 4.58. The van der Waals surface area contributed by atoms with E-state index in [0.29, 0.717) is 4.91 Å². The van der Waals surface area contributed by atoms with Gasteiger partial charge in [0, 0.05) is 4.88 Å². The van der Waals surface area contributed by atoms with Crippen molar-refractivity contribution < 1.29 is 14.7 Å². The fraction of sp³-hybridized carbons (Fsp3) is 0.100. The van der Waals surface area contributed by atoms with Gasteiger partial charge >= 0.3 is 5.97 Å². The topological polar surface area (TPSA) is 57.6 Å². The second-order valence-electron chi connectivity index (χ2n) is 3.18. The molecule has 0 unspecified atom stereocenters. The third-order valence-corrected chi connectivity index (χ3v) is 4.30. The van der Waals surface area contributed by atoms with E-state index in [1.54, 1.807) is 6.08 Å². The largest absolute Gasteiger partial charge is 0.480 e. The van der Waals surface area contributed by atoms with Crippen molar-refractivity contribution >= 4 is 57.6 Å². The first-order chi connectivity index (χ1) is 8.08. The Kier molecular flexibility index (Phi) is 3.60. The average molecular weight is 285 g/mol. The van der Waals surface area contributed by atoms with Crippen LogP contribution in [0.2, 0.25) is 0 Å². The summed E-state index contributed by atoms with van der Waals surface area (Å²) in [6.45, 7) is -0.382. The van der Waals surface area contributed by atoms with Gasteiger partial charge in [-0.25, -0.2) is 0 Å². The van der Waals surface area contributed by atoms with Gasteiger partial charge in [0.25, 0.3) is 5.24 Å². The van der Waals surface area contributed by atoms with Gasteiger partial charge in [-0.2, -0.15) is 0 Å². The molecule has 7 heteroatoms. The number of rotatable bonds is 3. The SMILES string of the molecule is O=C(O)CN1C(=O)SC(=Cc2cccs2)C1=S. The van der Waals surface area contributed by atoms with Crippen molar-refractivity contribution in [3.63, 3.8) is 0 Å². The summed E-state index contributed by atoms with van der Waals surface area (Å²) in [5, 5.41) is 10.3. The van der Waals surface area contributed by atoms with E-state index in [1.165, 1.54) is 11.3 Å². The predicted molar refractivity (Wildman–Crippen MR) is 72.2 cm³/mol. The zero-order chi connectivity index (χ0) is 12.4. The smallest absolute Gasteiger partial charge is 0.323 e. The molecule has 1 amide bonds. The highest BCUT2D eigenvalue weighted by Crippen LogP contribution is 2.33. The van der Waals surface area contributed by atoms with Gasteiger partial charge in [-0.1, -0.05) is 18.3 Å². The average Bonchev–Trinajstić information content (AvgIpc) is 2.83. The van der Waals surface area contributed by atoms with Crippen LogP contribution >= 0.6 is 35.3 Å². The molecule has 1 aromatic heterocycles. The van der Waals surface area contributed by atoms with Crippen LogP contribution in [0, 0.1) is 0 Å². The van der Waals surface area contributed by atoms with Gasteiger partial charge in [0.05, 0.1) is 4.91 Å². The molecule has 0 spiro atoms. The molecule has 1 aliphatic heterocycles. The number of aliphatic carboxylic acids is 1. The van der Waals surface area contributed by atoms with E-state index in [2.05, 4.69) is 0 Å². The summed E-state index contributed by atoms with van der Waals surface area (Å²) >= 11 is 7.59. The maximum atomic E-state index is 11.6. The number of hydrogen-bond acceptors (Lipinski definition) is 5. The maximum absolute atomic E-state index is 11.6. The van der Waals surface area contributed by atoms with Crippen LogP contribution in [0.25, 0.3) is 6.08 Å². The molecule has 1 aliphatic rings. The Morgan fingerprint density at radius 3 is 2.94 bits per heavy atom. The van der Waals surface area contributed by atoms with E-state index in [9.17, 15) is 9.59 Å². The van der Waals surface area contributed by atoms with E-state index in [4.69, 9.17) is 17.3 Å². The van der Waals surface area contributed by atoms with E-state index in [-0.39, 0.29) is 16.8 Å². The molecule has 1 N–H and O–H groups in total. The van der Waals surface area contributed by atoms with Crippen molar-refractivity contribution in [1.29, 1.82) is 0 Å². The second-order valence-corrected chi connectivity index (χ2v) is 5.54. The molecule has 2 rings (SSSR count). The van der Waals surface area contributed by atoms with Crippen molar-refractivity contribution in [2.75, 3.05) is 6.54 Å². The van der Waals surface area contributed by atoms with Crippen LogP contribution in [0.4, 0.5) is 4.79 Å². The molecule has 0 aromatic carbocycles. The summed E-state index contributed by atoms with van der Waals surface area (Å²) < 4.78 is 0. The van der Waals surface area contributed by atoms with E-state index in [1.807, 2.05) is 17.5 Å². The fourth-order valence-electron chi connectivity index (χ4n) is 1.27. The summed E-state index contributed by atoms with van der Waals surface area (Å²) in [6, 6.07) is 3.81.